The molecule has 204 valence electrons. The fourth-order valence-corrected chi connectivity index (χ4v) is 4.08. The van der Waals surface area contributed by atoms with Crippen molar-refractivity contribution < 1.29 is 14.3 Å². The summed E-state index contributed by atoms with van der Waals surface area (Å²) in [6.45, 7) is 7.97. The molecule has 0 bridgehead atoms. The summed E-state index contributed by atoms with van der Waals surface area (Å²) in [7, 11) is 1.73. The van der Waals surface area contributed by atoms with E-state index in [2.05, 4.69) is 25.8 Å². The second-order valence-corrected chi connectivity index (χ2v) is 8.84. The van der Waals surface area contributed by atoms with Gasteiger partial charge in [-0.1, -0.05) is 0 Å². The average molecular weight is 523 g/mol. The predicted octanol–water partition coefficient (Wildman–Crippen LogP) is 3.04. The molecule has 38 heavy (non-hydrogen) atoms. The molecule has 0 saturated carbocycles. The van der Waals surface area contributed by atoms with Crippen molar-refractivity contribution in [3.63, 3.8) is 0 Å². The molecule has 0 amide bonds. The second-order valence-electron chi connectivity index (χ2n) is 8.84. The first-order valence-corrected chi connectivity index (χ1v) is 12.7. The number of nitrogens with zero attached hydrogens (tertiary/aromatic N) is 6. The van der Waals surface area contributed by atoms with Gasteiger partial charge in [-0.2, -0.15) is 5.10 Å². The third-order valence-corrected chi connectivity index (χ3v) is 5.96. The first-order valence-electron chi connectivity index (χ1n) is 12.7. The zero-order valence-corrected chi connectivity index (χ0v) is 22.6. The number of piperidine rings is 1. The number of esters is 1. The average Bonchev–Trinajstić information content (AvgIpc) is 3.45. The SMILES string of the molecule is CCOC(C)=O.Cc1nc(/C(N)=C(\COc2cc(-n3cccn3)ccn2)N(C)N)ccc1N1CCCCC1. The Labute approximate surface area is 224 Å². The quantitative estimate of drug-likeness (QED) is 0.258. The van der Waals surface area contributed by atoms with Gasteiger partial charge in [-0.15, -0.1) is 0 Å². The van der Waals surface area contributed by atoms with E-state index in [1.165, 1.54) is 36.9 Å². The molecular weight excluding hydrogens is 484 g/mol. The van der Waals surface area contributed by atoms with Gasteiger partial charge in [0.15, 0.2) is 0 Å². The van der Waals surface area contributed by atoms with Crippen molar-refractivity contribution in [2.75, 3.05) is 38.3 Å². The van der Waals surface area contributed by atoms with Gasteiger partial charge in [-0.05, 0) is 57.4 Å². The van der Waals surface area contributed by atoms with Gasteiger partial charge in [-0.3, -0.25) is 4.79 Å². The number of anilines is 1. The first-order chi connectivity index (χ1) is 18.3. The number of likely N-dealkylation sites (N-methyl/N-ethyl adjacent to an activating group) is 1. The monoisotopic (exact) mass is 522 g/mol. The number of aryl methyl sites for hydroxylation is 1. The summed E-state index contributed by atoms with van der Waals surface area (Å²) in [5, 5.41) is 5.69. The maximum atomic E-state index is 9.82. The summed E-state index contributed by atoms with van der Waals surface area (Å²) >= 11 is 0. The molecule has 1 aliphatic rings. The normalized spacial score (nSPS) is 13.7. The summed E-state index contributed by atoms with van der Waals surface area (Å²) in [6, 6.07) is 9.58. The molecule has 1 saturated heterocycles. The zero-order chi connectivity index (χ0) is 27.5. The lowest BCUT2D eigenvalue weighted by molar-refractivity contribution is -0.140. The molecule has 1 fully saturated rings. The van der Waals surface area contributed by atoms with Crippen LogP contribution in [0.4, 0.5) is 5.69 Å². The van der Waals surface area contributed by atoms with Crippen molar-refractivity contribution >= 4 is 17.4 Å². The molecule has 3 aromatic heterocycles. The molecule has 0 unspecified atom stereocenters. The molecule has 1 aliphatic heterocycles. The molecule has 0 aromatic carbocycles. The Morgan fingerprint density at radius 1 is 1.16 bits per heavy atom. The van der Waals surface area contributed by atoms with Crippen molar-refractivity contribution in [2.45, 2.75) is 40.0 Å². The Balaban J connectivity index is 0.000000599. The van der Waals surface area contributed by atoms with Crippen molar-refractivity contribution in [1.29, 1.82) is 0 Å². The minimum atomic E-state index is -0.211. The number of nitrogens with two attached hydrogens (primary N) is 2. The van der Waals surface area contributed by atoms with Gasteiger partial charge >= 0.3 is 5.97 Å². The number of hydrogen-bond donors (Lipinski definition) is 2. The van der Waals surface area contributed by atoms with Crippen LogP contribution in [0.1, 0.15) is 44.5 Å². The van der Waals surface area contributed by atoms with E-state index >= 15 is 0 Å². The smallest absolute Gasteiger partial charge is 0.302 e. The summed E-state index contributed by atoms with van der Waals surface area (Å²) in [4.78, 5) is 21.3. The van der Waals surface area contributed by atoms with Crippen molar-refractivity contribution in [3.8, 4) is 11.6 Å². The Bertz CT molecular complexity index is 1200. The molecule has 11 heteroatoms. The number of carbonyl (C=O) groups excluding carboxylic acids is 1. The largest absolute Gasteiger partial charge is 0.471 e. The number of rotatable bonds is 8. The van der Waals surface area contributed by atoms with Crippen LogP contribution in [0.15, 0.2) is 54.6 Å². The van der Waals surface area contributed by atoms with Crippen LogP contribution in [-0.4, -0.2) is 64.1 Å². The van der Waals surface area contributed by atoms with E-state index in [1.54, 1.807) is 31.0 Å². The van der Waals surface area contributed by atoms with Crippen molar-refractivity contribution in [1.82, 2.24) is 24.8 Å². The lowest BCUT2D eigenvalue weighted by Crippen LogP contribution is -2.32. The third kappa shape index (κ3) is 7.94. The van der Waals surface area contributed by atoms with Crippen LogP contribution in [0.5, 0.6) is 5.88 Å². The lowest BCUT2D eigenvalue weighted by Gasteiger charge is -2.30. The molecule has 0 radical (unpaired) electrons. The van der Waals surface area contributed by atoms with Gasteiger partial charge < -0.3 is 25.1 Å². The van der Waals surface area contributed by atoms with E-state index in [-0.39, 0.29) is 12.6 Å². The Morgan fingerprint density at radius 2 is 1.92 bits per heavy atom. The molecule has 11 nitrogen and oxygen atoms in total. The molecular formula is C27H38N8O3. The first kappa shape index (κ1) is 28.5. The van der Waals surface area contributed by atoms with E-state index in [1.807, 2.05) is 37.4 Å². The van der Waals surface area contributed by atoms with Crippen LogP contribution in [0.3, 0.4) is 0 Å². The van der Waals surface area contributed by atoms with E-state index in [0.29, 0.717) is 29.6 Å². The highest BCUT2D eigenvalue weighted by Gasteiger charge is 2.17. The van der Waals surface area contributed by atoms with Gasteiger partial charge in [0.1, 0.15) is 6.61 Å². The second kappa shape index (κ2) is 14.0. The van der Waals surface area contributed by atoms with E-state index in [0.717, 1.165) is 24.5 Å². The van der Waals surface area contributed by atoms with Crippen LogP contribution in [-0.2, 0) is 9.53 Å². The van der Waals surface area contributed by atoms with Crippen molar-refractivity contribution in [2.24, 2.45) is 11.6 Å². The molecule has 4 rings (SSSR count). The summed E-state index contributed by atoms with van der Waals surface area (Å²) in [6.07, 6.45) is 8.99. The van der Waals surface area contributed by atoms with Crippen molar-refractivity contribution in [3.05, 3.63) is 66.0 Å². The molecule has 4 N–H and O–H groups in total. The standard InChI is InChI=1S/C23H30N8O.C4H8O2/c1-17-20(30-12-4-3-5-13-30)8-7-19(28-17)23(24)21(29(2)25)16-32-22-15-18(9-11-26-22)31-14-6-10-27-31;1-3-6-4(2)5/h6-11,14-15H,3-5,12-13,16,24-25H2,1-2H3;3H2,1-2H3/b23-21-;. The lowest BCUT2D eigenvalue weighted by atomic mass is 10.1. The predicted molar refractivity (Wildman–Crippen MR) is 147 cm³/mol. The highest BCUT2D eigenvalue weighted by molar-refractivity contribution is 5.66. The minimum absolute atomic E-state index is 0.156. The molecule has 3 aromatic rings. The van der Waals surface area contributed by atoms with Gasteiger partial charge in [0, 0.05) is 51.7 Å². The molecule has 0 aliphatic carbocycles. The fourth-order valence-electron chi connectivity index (χ4n) is 4.08. The topological polar surface area (TPSA) is 138 Å². The van der Waals surface area contributed by atoms with Gasteiger partial charge in [-0.25, -0.2) is 20.5 Å². The van der Waals surface area contributed by atoms with E-state index < -0.39 is 0 Å². The number of ether oxygens (including phenoxy) is 2. The number of aromatic nitrogens is 4. The number of pyridine rings is 2. The molecule has 4 heterocycles. The van der Waals surface area contributed by atoms with Crippen LogP contribution in [0.2, 0.25) is 0 Å². The number of hydrazine groups is 1. The maximum Gasteiger partial charge on any atom is 0.302 e. The summed E-state index contributed by atoms with van der Waals surface area (Å²) < 4.78 is 12.1. The molecule has 0 spiro atoms. The van der Waals surface area contributed by atoms with E-state index in [9.17, 15) is 4.79 Å². The minimum Gasteiger partial charge on any atom is -0.471 e. The Hall–Kier alpha value is -4.12. The summed E-state index contributed by atoms with van der Waals surface area (Å²) in [5.41, 5.74) is 11.2. The van der Waals surface area contributed by atoms with Gasteiger partial charge in [0.05, 0.1) is 40.8 Å². The van der Waals surface area contributed by atoms with Gasteiger partial charge in [0.2, 0.25) is 5.88 Å². The van der Waals surface area contributed by atoms with Crippen LogP contribution >= 0.6 is 0 Å². The number of carbonyl (C=O) groups is 1. The summed E-state index contributed by atoms with van der Waals surface area (Å²) in [5.74, 6) is 6.32. The fraction of sp³-hybridized carbons (Fsp3) is 0.407. The zero-order valence-electron chi connectivity index (χ0n) is 22.6. The van der Waals surface area contributed by atoms with Crippen LogP contribution in [0, 0.1) is 6.92 Å². The maximum absolute atomic E-state index is 9.82. The van der Waals surface area contributed by atoms with E-state index in [4.69, 9.17) is 21.3 Å². The Kier molecular flexibility index (Phi) is 10.5. The Morgan fingerprint density at radius 3 is 2.50 bits per heavy atom. The van der Waals surface area contributed by atoms with Crippen LogP contribution < -0.4 is 21.2 Å². The molecule has 0 atom stereocenters. The number of hydrogen-bond acceptors (Lipinski definition) is 10. The van der Waals surface area contributed by atoms with Gasteiger partial charge in [0.25, 0.3) is 0 Å². The van der Waals surface area contributed by atoms with Crippen LogP contribution in [0.25, 0.3) is 11.4 Å². The highest BCUT2D eigenvalue weighted by atomic mass is 16.5. The third-order valence-electron chi connectivity index (χ3n) is 5.96. The highest BCUT2D eigenvalue weighted by Crippen LogP contribution is 2.25.